The van der Waals surface area contributed by atoms with E-state index in [1.165, 1.54) is 0 Å². The van der Waals surface area contributed by atoms with Crippen molar-refractivity contribution < 1.29 is 14.7 Å². The van der Waals surface area contributed by atoms with Crippen LogP contribution < -0.4 is 5.32 Å². The van der Waals surface area contributed by atoms with Gasteiger partial charge in [-0.1, -0.05) is 13.3 Å². The van der Waals surface area contributed by atoms with Gasteiger partial charge in [-0.3, -0.25) is 9.59 Å². The number of aryl methyl sites for hydroxylation is 1. The first-order valence-electron chi connectivity index (χ1n) is 8.62. The van der Waals surface area contributed by atoms with Crippen molar-refractivity contribution in [2.75, 3.05) is 6.61 Å². The number of H-pyrrole nitrogens is 1. The Labute approximate surface area is 137 Å². The van der Waals surface area contributed by atoms with E-state index in [0.29, 0.717) is 17.2 Å². The fourth-order valence-corrected chi connectivity index (χ4v) is 3.59. The van der Waals surface area contributed by atoms with Crippen LogP contribution in [0.3, 0.4) is 0 Å². The second-order valence-corrected chi connectivity index (χ2v) is 6.66. The number of ketones is 1. The molecular weight excluding hydrogens is 292 g/mol. The van der Waals surface area contributed by atoms with E-state index in [0.717, 1.165) is 49.8 Å². The van der Waals surface area contributed by atoms with Gasteiger partial charge in [0.2, 0.25) is 0 Å². The van der Waals surface area contributed by atoms with E-state index in [1.807, 2.05) is 13.8 Å². The Kier molecular flexibility index (Phi) is 5.99. The Bertz CT molecular complexity index is 569. The first kappa shape index (κ1) is 17.7. The van der Waals surface area contributed by atoms with Gasteiger partial charge < -0.3 is 15.4 Å². The molecule has 0 aliphatic heterocycles. The monoisotopic (exact) mass is 320 g/mol. The second-order valence-electron chi connectivity index (χ2n) is 6.66. The number of aliphatic hydroxyl groups is 1. The summed E-state index contributed by atoms with van der Waals surface area (Å²) in [5, 5.41) is 12.3. The molecule has 1 aromatic heterocycles. The number of amides is 1. The number of hydrogen-bond donors (Lipinski definition) is 3. The Morgan fingerprint density at radius 1 is 1.26 bits per heavy atom. The lowest BCUT2D eigenvalue weighted by atomic mass is 9.86. The van der Waals surface area contributed by atoms with E-state index >= 15 is 0 Å². The molecule has 0 unspecified atom stereocenters. The van der Waals surface area contributed by atoms with Crippen molar-refractivity contribution in [2.24, 2.45) is 5.92 Å². The molecule has 1 amide bonds. The summed E-state index contributed by atoms with van der Waals surface area (Å²) in [4.78, 5) is 27.6. The Morgan fingerprint density at radius 3 is 2.43 bits per heavy atom. The zero-order valence-electron chi connectivity index (χ0n) is 14.4. The zero-order valence-corrected chi connectivity index (χ0v) is 14.4. The molecule has 1 aliphatic carbocycles. The van der Waals surface area contributed by atoms with Crippen LogP contribution >= 0.6 is 0 Å². The maximum Gasteiger partial charge on any atom is 0.268 e. The largest absolute Gasteiger partial charge is 0.396 e. The maximum absolute atomic E-state index is 12.6. The molecule has 1 aromatic rings. The summed E-state index contributed by atoms with van der Waals surface area (Å²) in [7, 11) is 0. The van der Waals surface area contributed by atoms with Crippen molar-refractivity contribution in [2.45, 2.75) is 65.3 Å². The number of aliphatic hydroxyl groups excluding tert-OH is 1. The van der Waals surface area contributed by atoms with Gasteiger partial charge in [0, 0.05) is 23.9 Å². The normalized spacial score (nSPS) is 21.2. The summed E-state index contributed by atoms with van der Waals surface area (Å²) in [6.45, 7) is 5.68. The number of carbonyl (C=O) groups excluding carboxylic acids is 2. The smallest absolute Gasteiger partial charge is 0.268 e. The standard InChI is InChI=1S/C18H28N2O3/c1-4-5-15-16(12(3)22)11(2)19-17(15)18(23)20-14-8-6-13(10-21)7-9-14/h13-14,19,21H,4-10H2,1-3H3,(H,20,23). The van der Waals surface area contributed by atoms with E-state index < -0.39 is 0 Å². The molecule has 128 valence electrons. The lowest BCUT2D eigenvalue weighted by Gasteiger charge is -2.27. The van der Waals surface area contributed by atoms with E-state index in [1.54, 1.807) is 6.92 Å². The molecular formula is C18H28N2O3. The van der Waals surface area contributed by atoms with E-state index in [-0.39, 0.29) is 24.3 Å². The minimum atomic E-state index is -0.114. The molecule has 0 bridgehead atoms. The van der Waals surface area contributed by atoms with Crippen LogP contribution in [0.4, 0.5) is 0 Å². The van der Waals surface area contributed by atoms with Crippen molar-refractivity contribution in [3.63, 3.8) is 0 Å². The quantitative estimate of drug-likeness (QED) is 0.705. The van der Waals surface area contributed by atoms with Gasteiger partial charge in [-0.15, -0.1) is 0 Å². The van der Waals surface area contributed by atoms with Gasteiger partial charge in [0.15, 0.2) is 5.78 Å². The van der Waals surface area contributed by atoms with Gasteiger partial charge in [0.1, 0.15) is 5.69 Å². The highest BCUT2D eigenvalue weighted by Crippen LogP contribution is 2.25. The van der Waals surface area contributed by atoms with E-state index in [2.05, 4.69) is 10.3 Å². The summed E-state index contributed by atoms with van der Waals surface area (Å²) in [6.07, 6.45) is 5.31. The van der Waals surface area contributed by atoms with Crippen LogP contribution in [0.5, 0.6) is 0 Å². The topological polar surface area (TPSA) is 82.2 Å². The number of aromatic amines is 1. The molecule has 0 saturated heterocycles. The molecule has 1 aliphatic rings. The molecule has 0 atom stereocenters. The summed E-state index contributed by atoms with van der Waals surface area (Å²) in [6, 6.07) is 0.157. The van der Waals surface area contributed by atoms with Crippen molar-refractivity contribution >= 4 is 11.7 Å². The van der Waals surface area contributed by atoms with Crippen LogP contribution in [0.1, 0.15) is 78.1 Å². The summed E-state index contributed by atoms with van der Waals surface area (Å²) < 4.78 is 0. The molecule has 2 rings (SSSR count). The molecule has 0 spiro atoms. The number of nitrogens with one attached hydrogen (secondary N) is 2. The first-order chi connectivity index (χ1) is 11.0. The van der Waals surface area contributed by atoms with Gasteiger partial charge in [-0.05, 0) is 57.4 Å². The molecule has 0 radical (unpaired) electrons. The molecule has 1 fully saturated rings. The number of carbonyl (C=O) groups is 2. The zero-order chi connectivity index (χ0) is 17.0. The minimum absolute atomic E-state index is 0.00436. The Morgan fingerprint density at radius 2 is 1.91 bits per heavy atom. The minimum Gasteiger partial charge on any atom is -0.396 e. The van der Waals surface area contributed by atoms with Crippen molar-refractivity contribution in [1.82, 2.24) is 10.3 Å². The van der Waals surface area contributed by atoms with Crippen molar-refractivity contribution in [1.29, 1.82) is 0 Å². The molecule has 23 heavy (non-hydrogen) atoms. The highest BCUT2D eigenvalue weighted by molar-refractivity contribution is 6.02. The van der Waals surface area contributed by atoms with Crippen LogP contribution in [-0.2, 0) is 6.42 Å². The van der Waals surface area contributed by atoms with Gasteiger partial charge in [0.05, 0.1) is 0 Å². The summed E-state index contributed by atoms with van der Waals surface area (Å²) in [5.74, 6) is 0.261. The third kappa shape index (κ3) is 4.02. The van der Waals surface area contributed by atoms with Crippen LogP contribution in [-0.4, -0.2) is 34.4 Å². The predicted molar refractivity (Wildman–Crippen MR) is 89.8 cm³/mol. The van der Waals surface area contributed by atoms with Crippen LogP contribution in [0.15, 0.2) is 0 Å². The lowest BCUT2D eigenvalue weighted by Crippen LogP contribution is -2.38. The molecule has 5 nitrogen and oxygen atoms in total. The van der Waals surface area contributed by atoms with E-state index in [4.69, 9.17) is 0 Å². The number of aromatic nitrogens is 1. The fourth-order valence-electron chi connectivity index (χ4n) is 3.59. The first-order valence-corrected chi connectivity index (χ1v) is 8.62. The van der Waals surface area contributed by atoms with Crippen LogP contribution in [0, 0.1) is 12.8 Å². The molecule has 1 heterocycles. The second kappa shape index (κ2) is 7.77. The summed E-state index contributed by atoms with van der Waals surface area (Å²) >= 11 is 0. The van der Waals surface area contributed by atoms with Crippen molar-refractivity contribution in [3.8, 4) is 0 Å². The van der Waals surface area contributed by atoms with Crippen LogP contribution in [0.2, 0.25) is 0 Å². The number of hydrogen-bond acceptors (Lipinski definition) is 3. The molecule has 5 heteroatoms. The number of rotatable bonds is 6. The van der Waals surface area contributed by atoms with E-state index in [9.17, 15) is 14.7 Å². The summed E-state index contributed by atoms with van der Waals surface area (Å²) in [5.41, 5.74) is 2.83. The lowest BCUT2D eigenvalue weighted by molar-refractivity contribution is 0.0908. The third-order valence-corrected chi connectivity index (χ3v) is 4.81. The highest BCUT2D eigenvalue weighted by atomic mass is 16.3. The number of Topliss-reactive ketones (excluding diaryl/α,β-unsaturated/α-hetero) is 1. The SMILES string of the molecule is CCCc1c(C(=O)NC2CCC(CO)CC2)[nH]c(C)c1C(C)=O. The van der Waals surface area contributed by atoms with Gasteiger partial charge in [-0.25, -0.2) is 0 Å². The van der Waals surface area contributed by atoms with Gasteiger partial charge >= 0.3 is 0 Å². The Balaban J connectivity index is 2.13. The average molecular weight is 320 g/mol. The van der Waals surface area contributed by atoms with Crippen molar-refractivity contribution in [3.05, 3.63) is 22.5 Å². The third-order valence-electron chi connectivity index (χ3n) is 4.81. The maximum atomic E-state index is 12.6. The average Bonchev–Trinajstić information content (AvgIpc) is 2.85. The van der Waals surface area contributed by atoms with Gasteiger partial charge in [0.25, 0.3) is 5.91 Å². The van der Waals surface area contributed by atoms with Gasteiger partial charge in [-0.2, -0.15) is 0 Å². The Hall–Kier alpha value is -1.62. The fraction of sp³-hybridized carbons (Fsp3) is 0.667. The highest BCUT2D eigenvalue weighted by Gasteiger charge is 2.26. The molecule has 3 N–H and O–H groups in total. The molecule has 1 saturated carbocycles. The predicted octanol–water partition coefficient (Wildman–Crippen LogP) is 2.76. The molecule has 0 aromatic carbocycles. The van der Waals surface area contributed by atoms with Crippen LogP contribution in [0.25, 0.3) is 0 Å².